The first-order valence-electron chi connectivity index (χ1n) is 30.4. The van der Waals surface area contributed by atoms with Crippen molar-refractivity contribution in [2.24, 2.45) is 17.8 Å². The van der Waals surface area contributed by atoms with Gasteiger partial charge in [-0.15, -0.1) is 12.4 Å². The summed E-state index contributed by atoms with van der Waals surface area (Å²) in [5, 5.41) is 23.4. The Morgan fingerprint density at radius 2 is 0.821 bits per heavy atom. The number of aryl methyl sites for hydroxylation is 2. The second-order valence-corrected chi connectivity index (χ2v) is 23.9. The van der Waals surface area contributed by atoms with Crippen molar-refractivity contribution in [2.75, 3.05) is 44.2 Å². The van der Waals surface area contributed by atoms with Gasteiger partial charge in [-0.05, 0) is 211 Å². The Hall–Kier alpha value is -6.25. The Bertz CT molecular complexity index is 3030. The van der Waals surface area contributed by atoms with Crippen LogP contribution in [0.2, 0.25) is 0 Å². The van der Waals surface area contributed by atoms with Crippen molar-refractivity contribution < 1.29 is 24.3 Å². The van der Waals surface area contributed by atoms with Gasteiger partial charge in [0.25, 0.3) is 0 Å². The number of hydrogen-bond donors (Lipinski definition) is 3. The lowest BCUT2D eigenvalue weighted by atomic mass is 9.87. The number of nitrogens with one attached hydrogen (secondary N) is 2. The van der Waals surface area contributed by atoms with Gasteiger partial charge in [-0.2, -0.15) is 19.2 Å². The highest BCUT2D eigenvalue weighted by Crippen LogP contribution is 2.36. The van der Waals surface area contributed by atoms with Crippen LogP contribution in [-0.2, 0) is 32.0 Å². The quantitative estimate of drug-likeness (QED) is 0.0986. The second-order valence-electron chi connectivity index (χ2n) is 23.0. The third-order valence-corrected chi connectivity index (χ3v) is 16.6. The van der Waals surface area contributed by atoms with Gasteiger partial charge in [0.1, 0.15) is 0 Å². The van der Waals surface area contributed by atoms with Crippen LogP contribution in [0, 0.1) is 17.8 Å². The molecule has 0 amide bonds. The third kappa shape index (κ3) is 23.7. The van der Waals surface area contributed by atoms with E-state index in [0.717, 1.165) is 22.2 Å². The maximum Gasteiger partial charge on any atom is 0.373 e. The fraction of sp³-hybridized carbons (Fsp3) is 0.405. The lowest BCUT2D eigenvalue weighted by molar-refractivity contribution is -0.193. The van der Waals surface area contributed by atoms with Crippen molar-refractivity contribution in [3.8, 4) is 0 Å². The van der Waals surface area contributed by atoms with E-state index in [4.69, 9.17) is 24.3 Å². The summed E-state index contributed by atoms with van der Waals surface area (Å²) >= 11 is 3.40. The van der Waals surface area contributed by atoms with Crippen LogP contribution in [0.1, 0.15) is 145 Å². The molecular formula is C74H93BrClN3O5. The molecule has 0 bridgehead atoms. The van der Waals surface area contributed by atoms with Crippen molar-refractivity contribution in [3.63, 3.8) is 0 Å². The predicted molar refractivity (Wildman–Crippen MR) is 356 cm³/mol. The summed E-state index contributed by atoms with van der Waals surface area (Å²) in [4.78, 5) is 35.1. The normalized spacial score (nSPS) is 16.7. The Morgan fingerprint density at radius 1 is 0.488 bits per heavy atom. The molecule has 10 heteroatoms. The van der Waals surface area contributed by atoms with E-state index in [-0.39, 0.29) is 30.8 Å². The average molecular weight is 1220 g/mol. The average Bonchev–Trinajstić information content (AvgIpc) is 4.26. The van der Waals surface area contributed by atoms with Gasteiger partial charge >= 0.3 is 12.3 Å². The lowest BCUT2D eigenvalue weighted by Crippen LogP contribution is -2.20. The van der Waals surface area contributed by atoms with Crippen LogP contribution in [0.15, 0.2) is 180 Å². The van der Waals surface area contributed by atoms with E-state index in [0.29, 0.717) is 17.8 Å². The number of rotatable bonds is 14. The number of aliphatic hydroxyl groups excluding tert-OH is 1. The molecule has 0 saturated carbocycles. The van der Waals surface area contributed by atoms with Crippen molar-refractivity contribution in [1.82, 2.24) is 10.6 Å². The molecule has 84 heavy (non-hydrogen) atoms. The molecule has 3 heterocycles. The minimum Gasteiger partial charge on any atom is -0.394 e. The molecule has 3 fully saturated rings. The molecule has 3 aliphatic heterocycles. The Balaban J connectivity index is 0.000000236. The lowest BCUT2D eigenvalue weighted by Gasteiger charge is -2.21. The fourth-order valence-electron chi connectivity index (χ4n) is 12.1. The zero-order valence-corrected chi connectivity index (χ0v) is 53.3. The third-order valence-electron chi connectivity index (χ3n) is 16.0. The first kappa shape index (κ1) is 70.2. The molecule has 448 valence electrons. The molecular weight excluding hydrogens is 1130 g/mol. The van der Waals surface area contributed by atoms with Gasteiger partial charge in [0.2, 0.25) is 0 Å². The van der Waals surface area contributed by atoms with E-state index in [9.17, 15) is 0 Å². The first-order valence-corrected chi connectivity index (χ1v) is 31.2. The van der Waals surface area contributed by atoms with Gasteiger partial charge in [-0.1, -0.05) is 215 Å². The molecule has 0 aromatic heterocycles. The van der Waals surface area contributed by atoms with Crippen molar-refractivity contribution in [3.05, 3.63) is 208 Å². The van der Waals surface area contributed by atoms with Gasteiger partial charge in [0.05, 0.1) is 0 Å². The summed E-state index contributed by atoms with van der Waals surface area (Å²) in [7, 11) is 0. The summed E-state index contributed by atoms with van der Waals surface area (Å²) in [6.45, 7) is 22.2. The number of anilines is 1. The number of benzene rings is 8. The monoisotopic (exact) mass is 1220 g/mol. The number of hydrogen-bond acceptors (Lipinski definition) is 8. The van der Waals surface area contributed by atoms with Crippen LogP contribution in [0.5, 0.6) is 0 Å². The highest BCUT2D eigenvalue weighted by Gasteiger charge is 2.26. The largest absolute Gasteiger partial charge is 0.394 e. The zero-order valence-electron chi connectivity index (χ0n) is 50.9. The second kappa shape index (κ2) is 39.4. The maximum atomic E-state index is 8.12. The van der Waals surface area contributed by atoms with Crippen molar-refractivity contribution >= 4 is 78.6 Å². The summed E-state index contributed by atoms with van der Waals surface area (Å²) in [5.74, 6) is 4.42. The smallest absolute Gasteiger partial charge is 0.373 e. The molecule has 8 aromatic carbocycles. The fourth-order valence-corrected chi connectivity index (χ4v) is 12.4. The topological polar surface area (TPSA) is 116 Å². The number of halogens is 2. The van der Waals surface area contributed by atoms with Gasteiger partial charge in [-0.3, -0.25) is 0 Å². The standard InChI is InChI=1S/C26H31N.2C17H21N.C9H11Br.C3H8O.2CO2.ClH/c1-3-7-21-12-14-24(15-13-21)27-17-16-22(19-27)18-20(2)25-11-6-9-23-8-4-5-10-26(23)25;2*1-13(11-14-9-10-18-12-14)16-8-4-6-15-5-2-3-7-17(15)16;1-2-3-8-4-6-9(10)7-5-8;1-3(2)4;2*2-1-3;/h4-6,8-15,20,22H,3,7,16-19H2,1-2H3;2*2-8,13-14,18H,9-12H2,1H3;4-7H,2-3H2,1H3;3-4H,1-2H3;;;1H/t20-,22+;2*13-,14+;;;;;/m000...../s1. The van der Waals surface area contributed by atoms with Crippen LogP contribution in [0.4, 0.5) is 5.69 Å². The Morgan fingerprint density at radius 3 is 1.17 bits per heavy atom. The minimum absolute atomic E-state index is 0. The molecule has 11 rings (SSSR count). The van der Waals surface area contributed by atoms with Crippen molar-refractivity contribution in [1.29, 1.82) is 0 Å². The molecule has 6 atom stereocenters. The predicted octanol–water partition coefficient (Wildman–Crippen LogP) is 17.7. The van der Waals surface area contributed by atoms with E-state index in [1.165, 1.54) is 169 Å². The minimum atomic E-state index is -0.167. The van der Waals surface area contributed by atoms with E-state index >= 15 is 0 Å². The van der Waals surface area contributed by atoms with Gasteiger partial charge in [0.15, 0.2) is 0 Å². The summed E-state index contributed by atoms with van der Waals surface area (Å²) in [5.41, 5.74) is 8.82. The Labute approximate surface area is 517 Å². The molecule has 0 aliphatic carbocycles. The van der Waals surface area contributed by atoms with Crippen LogP contribution < -0.4 is 15.5 Å². The van der Waals surface area contributed by atoms with E-state index in [1.54, 1.807) is 13.8 Å². The van der Waals surface area contributed by atoms with Crippen LogP contribution in [0.3, 0.4) is 0 Å². The van der Waals surface area contributed by atoms with Crippen LogP contribution >= 0.6 is 28.3 Å². The number of aliphatic hydroxyl groups is 1. The zero-order chi connectivity index (χ0) is 59.8. The molecule has 3 N–H and O–H groups in total. The molecule has 8 aromatic rings. The molecule has 3 aliphatic rings. The molecule has 0 spiro atoms. The van der Waals surface area contributed by atoms with E-state index in [1.807, 2.05) is 0 Å². The van der Waals surface area contributed by atoms with E-state index < -0.39 is 0 Å². The molecule has 0 unspecified atom stereocenters. The number of nitrogens with zero attached hydrogens (tertiary/aromatic N) is 1. The highest BCUT2D eigenvalue weighted by molar-refractivity contribution is 9.10. The van der Waals surface area contributed by atoms with Crippen molar-refractivity contribution in [2.45, 2.75) is 137 Å². The number of carbonyl (C=O) groups excluding carboxylic acids is 4. The highest BCUT2D eigenvalue weighted by atomic mass is 79.9. The molecule has 3 saturated heterocycles. The summed E-state index contributed by atoms with van der Waals surface area (Å²) < 4.78 is 1.16. The first-order chi connectivity index (χ1) is 40.3. The SMILES string of the molecule is CC(C)O.CCCc1ccc(Br)cc1.CCCc1ccc(N2CC[C@H](C[C@H](C)c3cccc4ccccc34)C2)cc1.C[C@@H](C[C@H]1CCNC1)c1cccc2ccccc12.C[C@@H](C[C@H]1CCNC1)c1cccc2ccccc12.Cl.O=C=O.O=C=O. The maximum absolute atomic E-state index is 8.12. The van der Waals surface area contributed by atoms with Crippen LogP contribution in [-0.4, -0.2) is 62.8 Å². The van der Waals surface area contributed by atoms with Gasteiger partial charge < -0.3 is 20.6 Å². The van der Waals surface area contributed by atoms with Gasteiger partial charge in [0, 0.05) is 29.4 Å². The molecule has 0 radical (unpaired) electrons. The summed E-state index contributed by atoms with van der Waals surface area (Å²) in [6.07, 6.45) is 13.0. The van der Waals surface area contributed by atoms with Gasteiger partial charge in [-0.25, -0.2) is 0 Å². The van der Waals surface area contributed by atoms with E-state index in [2.05, 4.69) is 242 Å². The number of fused-ring (bicyclic) bond motifs is 3. The molecule has 8 nitrogen and oxygen atoms in total. The summed E-state index contributed by atoms with van der Waals surface area (Å²) in [6, 6.07) is 64.2. The van der Waals surface area contributed by atoms with Crippen LogP contribution in [0.25, 0.3) is 32.3 Å². The Kier molecular flexibility index (Phi) is 32.9.